The zero-order chi connectivity index (χ0) is 15.7. The molecule has 4 heteroatoms. The minimum absolute atomic E-state index is 0.0590. The van der Waals surface area contributed by atoms with Crippen molar-refractivity contribution in [3.05, 3.63) is 48.2 Å². The van der Waals surface area contributed by atoms with E-state index < -0.39 is 0 Å². The molecule has 0 spiro atoms. The van der Waals surface area contributed by atoms with Gasteiger partial charge in [-0.15, -0.1) is 0 Å². The molecule has 0 atom stereocenters. The first-order valence-corrected chi connectivity index (χ1v) is 7.09. The number of ether oxygens (including phenoxy) is 2. The smallest absolute Gasteiger partial charge is 0.161 e. The summed E-state index contributed by atoms with van der Waals surface area (Å²) in [5, 5.41) is 10.9. The van der Waals surface area contributed by atoms with Crippen LogP contribution in [0, 0.1) is 0 Å². The molecule has 1 N–H and O–H groups in total. The predicted octanol–water partition coefficient (Wildman–Crippen LogP) is 3.35. The van der Waals surface area contributed by atoms with E-state index in [0.717, 1.165) is 22.2 Å². The SMILES string of the molecule is COc1cc(CO)c(-c2cccc3ccn(C)c23)cc1OC. The Morgan fingerprint density at radius 2 is 1.73 bits per heavy atom. The van der Waals surface area contributed by atoms with Gasteiger partial charge < -0.3 is 19.1 Å². The number of aryl methyl sites for hydroxylation is 1. The third-order valence-electron chi connectivity index (χ3n) is 3.97. The van der Waals surface area contributed by atoms with Gasteiger partial charge in [0.2, 0.25) is 0 Å². The number of benzene rings is 2. The summed E-state index contributed by atoms with van der Waals surface area (Å²) < 4.78 is 12.8. The van der Waals surface area contributed by atoms with E-state index >= 15 is 0 Å². The van der Waals surface area contributed by atoms with Gasteiger partial charge in [-0.05, 0) is 29.3 Å². The minimum atomic E-state index is -0.0590. The number of aromatic nitrogens is 1. The summed E-state index contributed by atoms with van der Waals surface area (Å²) in [6, 6.07) is 12.0. The molecule has 1 aromatic heterocycles. The second-order valence-electron chi connectivity index (χ2n) is 5.19. The van der Waals surface area contributed by atoms with E-state index in [1.165, 1.54) is 5.39 Å². The van der Waals surface area contributed by atoms with Crippen LogP contribution in [0.5, 0.6) is 11.5 Å². The lowest BCUT2D eigenvalue weighted by Crippen LogP contribution is -1.97. The lowest BCUT2D eigenvalue weighted by Gasteiger charge is -2.15. The van der Waals surface area contributed by atoms with E-state index in [4.69, 9.17) is 9.47 Å². The highest BCUT2D eigenvalue weighted by Gasteiger charge is 2.15. The molecule has 0 aliphatic rings. The molecule has 4 nitrogen and oxygen atoms in total. The third-order valence-corrected chi connectivity index (χ3v) is 3.97. The van der Waals surface area contributed by atoms with E-state index in [2.05, 4.69) is 22.8 Å². The molecular weight excluding hydrogens is 278 g/mol. The zero-order valence-corrected chi connectivity index (χ0v) is 13.0. The van der Waals surface area contributed by atoms with Crippen molar-refractivity contribution in [3.8, 4) is 22.6 Å². The van der Waals surface area contributed by atoms with E-state index in [9.17, 15) is 5.11 Å². The fourth-order valence-corrected chi connectivity index (χ4v) is 2.88. The number of hydrogen-bond donors (Lipinski definition) is 1. The van der Waals surface area contributed by atoms with Crippen LogP contribution in [0.25, 0.3) is 22.0 Å². The number of aliphatic hydroxyl groups excluding tert-OH is 1. The Kier molecular flexibility index (Phi) is 3.77. The maximum atomic E-state index is 9.75. The van der Waals surface area contributed by atoms with Crippen LogP contribution < -0.4 is 9.47 Å². The van der Waals surface area contributed by atoms with Crippen molar-refractivity contribution in [1.29, 1.82) is 0 Å². The second-order valence-corrected chi connectivity index (χ2v) is 5.19. The number of rotatable bonds is 4. The maximum Gasteiger partial charge on any atom is 0.161 e. The lowest BCUT2D eigenvalue weighted by molar-refractivity contribution is 0.281. The Labute approximate surface area is 129 Å². The van der Waals surface area contributed by atoms with Crippen LogP contribution >= 0.6 is 0 Å². The van der Waals surface area contributed by atoms with Crippen molar-refractivity contribution in [2.45, 2.75) is 6.61 Å². The van der Waals surface area contributed by atoms with E-state index in [1.807, 2.05) is 31.4 Å². The van der Waals surface area contributed by atoms with E-state index in [0.29, 0.717) is 11.5 Å². The van der Waals surface area contributed by atoms with Gasteiger partial charge in [0.05, 0.1) is 26.3 Å². The summed E-state index contributed by atoms with van der Waals surface area (Å²) in [5.41, 5.74) is 3.96. The minimum Gasteiger partial charge on any atom is -0.493 e. The second kappa shape index (κ2) is 5.73. The predicted molar refractivity (Wildman–Crippen MR) is 87.4 cm³/mol. The van der Waals surface area contributed by atoms with Crippen molar-refractivity contribution in [1.82, 2.24) is 4.57 Å². The average Bonchev–Trinajstić information content (AvgIpc) is 2.95. The number of para-hydroxylation sites is 1. The Balaban J connectivity index is 2.32. The van der Waals surface area contributed by atoms with Gasteiger partial charge in [-0.25, -0.2) is 0 Å². The van der Waals surface area contributed by atoms with Crippen molar-refractivity contribution < 1.29 is 14.6 Å². The summed E-state index contributed by atoms with van der Waals surface area (Å²) in [6.45, 7) is -0.0590. The molecule has 1 heterocycles. The van der Waals surface area contributed by atoms with Crippen LogP contribution in [-0.4, -0.2) is 23.9 Å². The fourth-order valence-electron chi connectivity index (χ4n) is 2.88. The van der Waals surface area contributed by atoms with Crippen molar-refractivity contribution in [2.24, 2.45) is 7.05 Å². The normalized spacial score (nSPS) is 10.9. The molecule has 0 unspecified atom stereocenters. The molecule has 3 rings (SSSR count). The Morgan fingerprint density at radius 1 is 1.00 bits per heavy atom. The molecular formula is C18H19NO3. The molecule has 2 aromatic carbocycles. The molecule has 3 aromatic rings. The molecule has 0 aliphatic carbocycles. The molecule has 0 radical (unpaired) electrons. The molecule has 114 valence electrons. The Morgan fingerprint density at radius 3 is 2.41 bits per heavy atom. The molecule has 22 heavy (non-hydrogen) atoms. The summed E-state index contributed by atoms with van der Waals surface area (Å²) in [5.74, 6) is 1.27. The first-order chi connectivity index (χ1) is 10.7. The summed E-state index contributed by atoms with van der Waals surface area (Å²) in [6.07, 6.45) is 2.04. The van der Waals surface area contributed by atoms with E-state index in [1.54, 1.807) is 14.2 Å². The first kappa shape index (κ1) is 14.5. The third kappa shape index (κ3) is 2.22. The first-order valence-electron chi connectivity index (χ1n) is 7.09. The van der Waals surface area contributed by atoms with Crippen molar-refractivity contribution in [3.63, 3.8) is 0 Å². The molecule has 0 bridgehead atoms. The molecule has 0 fully saturated rings. The molecule has 0 saturated carbocycles. The van der Waals surface area contributed by atoms with Gasteiger partial charge in [-0.1, -0.05) is 18.2 Å². The number of fused-ring (bicyclic) bond motifs is 1. The monoisotopic (exact) mass is 297 g/mol. The van der Waals surface area contributed by atoms with Crippen LogP contribution in [0.2, 0.25) is 0 Å². The summed E-state index contributed by atoms with van der Waals surface area (Å²) in [7, 11) is 5.23. The van der Waals surface area contributed by atoms with Gasteiger partial charge in [0.15, 0.2) is 11.5 Å². The number of hydrogen-bond acceptors (Lipinski definition) is 3. The Hall–Kier alpha value is -2.46. The van der Waals surface area contributed by atoms with Gasteiger partial charge in [-0.3, -0.25) is 0 Å². The highest BCUT2D eigenvalue weighted by molar-refractivity contribution is 5.95. The van der Waals surface area contributed by atoms with Crippen molar-refractivity contribution >= 4 is 10.9 Å². The number of methoxy groups -OCH3 is 2. The number of aliphatic hydroxyl groups is 1. The fraction of sp³-hybridized carbons (Fsp3) is 0.222. The molecule has 0 amide bonds. The summed E-state index contributed by atoms with van der Waals surface area (Å²) >= 11 is 0. The van der Waals surface area contributed by atoms with Crippen LogP contribution in [0.1, 0.15) is 5.56 Å². The largest absolute Gasteiger partial charge is 0.493 e. The topological polar surface area (TPSA) is 43.6 Å². The molecule has 0 saturated heterocycles. The van der Waals surface area contributed by atoms with Crippen LogP contribution in [0.4, 0.5) is 0 Å². The van der Waals surface area contributed by atoms with Gasteiger partial charge in [0.25, 0.3) is 0 Å². The van der Waals surface area contributed by atoms with Gasteiger partial charge in [0, 0.05) is 24.2 Å². The number of nitrogens with zero attached hydrogens (tertiary/aromatic N) is 1. The quantitative estimate of drug-likeness (QED) is 0.803. The highest BCUT2D eigenvalue weighted by atomic mass is 16.5. The van der Waals surface area contributed by atoms with Gasteiger partial charge in [0.1, 0.15) is 0 Å². The van der Waals surface area contributed by atoms with Crippen LogP contribution in [-0.2, 0) is 13.7 Å². The zero-order valence-electron chi connectivity index (χ0n) is 13.0. The van der Waals surface area contributed by atoms with Gasteiger partial charge >= 0.3 is 0 Å². The van der Waals surface area contributed by atoms with E-state index in [-0.39, 0.29) is 6.61 Å². The van der Waals surface area contributed by atoms with Gasteiger partial charge in [-0.2, -0.15) is 0 Å². The Bertz CT molecular complexity index is 821. The maximum absolute atomic E-state index is 9.75. The lowest BCUT2D eigenvalue weighted by atomic mass is 9.97. The highest BCUT2D eigenvalue weighted by Crippen LogP contribution is 2.38. The standard InChI is InChI=1S/C18H19NO3/c1-19-8-7-12-5-4-6-14(18(12)19)15-10-17(22-3)16(21-2)9-13(15)11-20/h4-10,20H,11H2,1-3H3. The van der Waals surface area contributed by atoms with Crippen LogP contribution in [0.3, 0.4) is 0 Å². The van der Waals surface area contributed by atoms with Crippen LogP contribution in [0.15, 0.2) is 42.6 Å². The summed E-state index contributed by atoms with van der Waals surface area (Å²) in [4.78, 5) is 0. The average molecular weight is 297 g/mol. The molecule has 0 aliphatic heterocycles. The van der Waals surface area contributed by atoms with Crippen molar-refractivity contribution in [2.75, 3.05) is 14.2 Å².